The van der Waals surface area contributed by atoms with Crippen LogP contribution in [0.4, 0.5) is 17.1 Å². The lowest BCUT2D eigenvalue weighted by Crippen LogP contribution is -2.17. The van der Waals surface area contributed by atoms with Gasteiger partial charge in [-0.15, -0.1) is 0 Å². The third-order valence-electron chi connectivity index (χ3n) is 14.3. The molecule has 0 bridgehead atoms. The van der Waals surface area contributed by atoms with Crippen LogP contribution in [0.25, 0.3) is 93.5 Å². The summed E-state index contributed by atoms with van der Waals surface area (Å²) in [7, 11) is 0. The van der Waals surface area contributed by atoms with Crippen molar-refractivity contribution in [3.63, 3.8) is 0 Å². The molecule has 0 atom stereocenters. The van der Waals surface area contributed by atoms with E-state index in [1.807, 2.05) is 0 Å². The van der Waals surface area contributed by atoms with Gasteiger partial charge >= 0.3 is 0 Å². The first-order chi connectivity index (χ1) is 33.0. The Kier molecular flexibility index (Phi) is 8.91. The van der Waals surface area contributed by atoms with Crippen molar-refractivity contribution in [1.29, 1.82) is 0 Å². The quantitative estimate of drug-likeness (QED) is 0.145. The number of para-hydroxylation sites is 1. The maximum atomic E-state index is 2.52. The van der Waals surface area contributed by atoms with Crippen molar-refractivity contribution < 1.29 is 0 Å². The van der Waals surface area contributed by atoms with Crippen LogP contribution in [0.15, 0.2) is 243 Å². The molecule has 1 aliphatic rings. The molecule has 2 heteroatoms. The molecule has 0 saturated heterocycles. The predicted octanol–water partition coefficient (Wildman–Crippen LogP) is 17.9. The van der Waals surface area contributed by atoms with Crippen LogP contribution < -0.4 is 4.90 Å². The van der Waals surface area contributed by atoms with Crippen molar-refractivity contribution in [3.8, 4) is 50.2 Å². The average Bonchev–Trinajstić information content (AvgIpc) is 3.85. The van der Waals surface area contributed by atoms with Crippen LogP contribution >= 0.6 is 0 Å². The summed E-state index contributed by atoms with van der Waals surface area (Å²) in [6.45, 7) is 4.76. The molecule has 0 N–H and O–H groups in total. The van der Waals surface area contributed by atoms with Crippen LogP contribution in [-0.4, -0.2) is 4.57 Å². The summed E-state index contributed by atoms with van der Waals surface area (Å²) in [6.07, 6.45) is 0. The predicted molar refractivity (Wildman–Crippen MR) is 284 cm³/mol. The molecule has 0 amide bonds. The van der Waals surface area contributed by atoms with Gasteiger partial charge in [0.2, 0.25) is 0 Å². The van der Waals surface area contributed by atoms with Gasteiger partial charge in [0.15, 0.2) is 0 Å². The second-order valence-electron chi connectivity index (χ2n) is 18.5. The van der Waals surface area contributed by atoms with Crippen LogP contribution in [0.3, 0.4) is 0 Å². The van der Waals surface area contributed by atoms with Gasteiger partial charge in [0.1, 0.15) is 0 Å². The fourth-order valence-corrected chi connectivity index (χ4v) is 11.2. The lowest BCUT2D eigenvalue weighted by Gasteiger charge is -2.26. The highest BCUT2D eigenvalue weighted by atomic mass is 15.1. The van der Waals surface area contributed by atoms with Gasteiger partial charge in [-0.1, -0.05) is 196 Å². The maximum Gasteiger partial charge on any atom is 0.0547 e. The number of fused-ring (bicyclic) bond motifs is 9. The molecule has 12 aromatic rings. The molecule has 13 rings (SSSR count). The van der Waals surface area contributed by atoms with E-state index < -0.39 is 0 Å². The molecule has 0 spiro atoms. The fraction of sp³-hybridized carbons (Fsp3) is 0.0462. The molecular weight excluding hydrogens is 809 g/mol. The topological polar surface area (TPSA) is 8.17 Å². The third-order valence-corrected chi connectivity index (χ3v) is 14.3. The number of hydrogen-bond acceptors (Lipinski definition) is 1. The second kappa shape index (κ2) is 15.3. The number of benzene rings is 11. The molecule has 1 heterocycles. The van der Waals surface area contributed by atoms with E-state index in [1.165, 1.54) is 105 Å². The molecule has 316 valence electrons. The fourth-order valence-electron chi connectivity index (χ4n) is 11.2. The van der Waals surface area contributed by atoms with Crippen LogP contribution in [-0.2, 0) is 5.41 Å². The highest BCUT2D eigenvalue weighted by Crippen LogP contribution is 2.52. The van der Waals surface area contributed by atoms with Crippen molar-refractivity contribution in [2.24, 2.45) is 0 Å². The standard InChI is InChI=1S/C65H46N2/c1-65(2)59-25-10-8-21-56(59)57-24-14-28-62(64(57)65)67-60-26-11-9-22-58(60)63-55(23-13-27-61(63)67)48-18-12-19-52(42-48)66(50-36-31-44(32-37-50)43-15-4-3-5-16-43)51-38-33-45(34-39-51)47-35-40-54-49(41-47)30-29-46-17-6-7-20-53(46)54/h3-42H,1-2H3. The summed E-state index contributed by atoms with van der Waals surface area (Å²) >= 11 is 0. The summed E-state index contributed by atoms with van der Waals surface area (Å²) < 4.78 is 2.52. The summed E-state index contributed by atoms with van der Waals surface area (Å²) in [6, 6.07) is 89.3. The average molecular weight is 855 g/mol. The van der Waals surface area contributed by atoms with E-state index in [0.29, 0.717) is 0 Å². The second-order valence-corrected chi connectivity index (χ2v) is 18.5. The summed E-state index contributed by atoms with van der Waals surface area (Å²) in [5, 5.41) is 7.58. The minimum atomic E-state index is -0.155. The molecule has 1 aliphatic carbocycles. The Bertz CT molecular complexity index is 3870. The Morgan fingerprint density at radius 3 is 1.73 bits per heavy atom. The van der Waals surface area contributed by atoms with E-state index in [4.69, 9.17) is 0 Å². The van der Waals surface area contributed by atoms with Gasteiger partial charge in [0.05, 0.1) is 16.7 Å². The van der Waals surface area contributed by atoms with Gasteiger partial charge in [-0.25, -0.2) is 0 Å². The van der Waals surface area contributed by atoms with Crippen LogP contribution in [0.5, 0.6) is 0 Å². The molecule has 0 unspecified atom stereocenters. The lowest BCUT2D eigenvalue weighted by atomic mass is 9.81. The zero-order chi connectivity index (χ0) is 44.6. The minimum Gasteiger partial charge on any atom is -0.310 e. The SMILES string of the molecule is CC1(C)c2ccccc2-c2cccc(-n3c4ccccc4c4c(-c5cccc(N(c6ccc(-c7ccccc7)cc6)c6ccc(-c7ccc8c(ccc9ccccc98)c7)cc6)c5)cccc43)c21. The van der Waals surface area contributed by atoms with Crippen LogP contribution in [0.2, 0.25) is 0 Å². The van der Waals surface area contributed by atoms with E-state index in [9.17, 15) is 0 Å². The molecule has 0 aliphatic heterocycles. The number of aromatic nitrogens is 1. The van der Waals surface area contributed by atoms with Gasteiger partial charge in [-0.2, -0.15) is 0 Å². The van der Waals surface area contributed by atoms with Crippen molar-refractivity contribution in [2.45, 2.75) is 19.3 Å². The summed E-state index contributed by atoms with van der Waals surface area (Å²) in [5.41, 5.74) is 19.4. The smallest absolute Gasteiger partial charge is 0.0547 e. The highest BCUT2D eigenvalue weighted by Gasteiger charge is 2.38. The van der Waals surface area contributed by atoms with Gasteiger partial charge in [-0.05, 0) is 138 Å². The van der Waals surface area contributed by atoms with E-state index >= 15 is 0 Å². The van der Waals surface area contributed by atoms with Crippen molar-refractivity contribution in [2.75, 3.05) is 4.90 Å². The molecular formula is C65H46N2. The lowest BCUT2D eigenvalue weighted by molar-refractivity contribution is 0.656. The summed E-state index contributed by atoms with van der Waals surface area (Å²) in [5.74, 6) is 0. The zero-order valence-corrected chi connectivity index (χ0v) is 37.5. The Labute approximate surface area is 391 Å². The van der Waals surface area contributed by atoms with Crippen molar-refractivity contribution in [3.05, 3.63) is 254 Å². The highest BCUT2D eigenvalue weighted by molar-refractivity contribution is 6.16. The molecule has 67 heavy (non-hydrogen) atoms. The van der Waals surface area contributed by atoms with Gasteiger partial charge in [-0.3, -0.25) is 0 Å². The first-order valence-electron chi connectivity index (χ1n) is 23.3. The molecule has 2 nitrogen and oxygen atoms in total. The molecule has 1 aromatic heterocycles. The Balaban J connectivity index is 0.941. The van der Waals surface area contributed by atoms with Gasteiger partial charge in [0.25, 0.3) is 0 Å². The third kappa shape index (κ3) is 6.25. The minimum absolute atomic E-state index is 0.155. The van der Waals surface area contributed by atoms with Gasteiger partial charge < -0.3 is 9.47 Å². The molecule has 0 radical (unpaired) electrons. The van der Waals surface area contributed by atoms with E-state index in [1.54, 1.807) is 0 Å². The Morgan fingerprint density at radius 2 is 0.910 bits per heavy atom. The first kappa shape index (κ1) is 39.0. The molecule has 0 saturated carbocycles. The number of rotatable bonds is 7. The van der Waals surface area contributed by atoms with E-state index in [0.717, 1.165) is 17.1 Å². The largest absolute Gasteiger partial charge is 0.310 e. The van der Waals surface area contributed by atoms with Crippen molar-refractivity contribution >= 4 is 60.4 Å². The van der Waals surface area contributed by atoms with Gasteiger partial charge in [0, 0.05) is 33.2 Å². The first-order valence-corrected chi connectivity index (χ1v) is 23.3. The number of nitrogens with zero attached hydrogens (tertiary/aromatic N) is 2. The number of hydrogen-bond donors (Lipinski definition) is 0. The maximum absolute atomic E-state index is 2.52. The van der Waals surface area contributed by atoms with Crippen molar-refractivity contribution in [1.82, 2.24) is 4.57 Å². The van der Waals surface area contributed by atoms with E-state index in [2.05, 4.69) is 266 Å². The van der Waals surface area contributed by atoms with Crippen LogP contribution in [0, 0.1) is 0 Å². The van der Waals surface area contributed by atoms with Crippen LogP contribution in [0.1, 0.15) is 25.0 Å². The number of anilines is 3. The normalized spacial score (nSPS) is 12.7. The Morgan fingerprint density at radius 1 is 0.343 bits per heavy atom. The Hall–Kier alpha value is -8.46. The van der Waals surface area contributed by atoms with E-state index in [-0.39, 0.29) is 5.41 Å². The monoisotopic (exact) mass is 854 g/mol. The zero-order valence-electron chi connectivity index (χ0n) is 37.5. The molecule has 11 aromatic carbocycles. The molecule has 0 fully saturated rings. The summed E-state index contributed by atoms with van der Waals surface area (Å²) in [4.78, 5) is 2.39.